The standard InChI is InChI=1S/C88H166NO8P/c1-6-8-10-12-14-16-18-20-22-24-26-28-30-32-34-36-38-40-42-44-46-48-50-52-54-56-58-60-62-64-66-68-70-72-74-76-78-80-87(90)94-84-86(85-96-98(92,93)95-83-82-89(3,4)5)97-88(91)81-79-77-75-73-71-69-67-65-63-61-59-57-55-53-51-49-47-45-43-41-39-37-35-33-31-29-27-25-23-21-19-17-15-13-11-9-7-2/h18-21,24-27,31,33,86H,6-17,22-23,28-30,32,34-85H2,1-5H3/p+1/b20-18-,21-19-,26-24-,27-25-,33-31-. The molecule has 0 aliphatic rings. The van der Waals surface area contributed by atoms with E-state index in [0.29, 0.717) is 23.9 Å². The van der Waals surface area contributed by atoms with Gasteiger partial charge >= 0.3 is 19.8 Å². The van der Waals surface area contributed by atoms with Gasteiger partial charge in [-0.05, 0) is 83.5 Å². The molecule has 2 unspecified atom stereocenters. The zero-order valence-electron chi connectivity index (χ0n) is 66.0. The summed E-state index contributed by atoms with van der Waals surface area (Å²) in [5.74, 6) is -0.772. The van der Waals surface area contributed by atoms with Crippen LogP contribution in [0.5, 0.6) is 0 Å². The minimum absolute atomic E-state index is 0.0344. The predicted molar refractivity (Wildman–Crippen MR) is 427 cm³/mol. The largest absolute Gasteiger partial charge is 0.472 e. The van der Waals surface area contributed by atoms with Crippen LogP contribution >= 0.6 is 7.82 Å². The van der Waals surface area contributed by atoms with Gasteiger partial charge in [0.25, 0.3) is 0 Å². The quantitative estimate of drug-likeness (QED) is 0.0211. The monoisotopic (exact) mass is 1400 g/mol. The Bertz CT molecular complexity index is 1840. The Hall–Kier alpha value is -2.29. The molecule has 0 heterocycles. The molecule has 0 amide bonds. The molecule has 0 bridgehead atoms. The number of phosphoric ester groups is 1. The lowest BCUT2D eigenvalue weighted by Gasteiger charge is -2.24. The van der Waals surface area contributed by atoms with Crippen molar-refractivity contribution in [1.29, 1.82) is 0 Å². The van der Waals surface area contributed by atoms with Crippen molar-refractivity contribution in [3.05, 3.63) is 60.8 Å². The summed E-state index contributed by atoms with van der Waals surface area (Å²) in [6.07, 6.45) is 107. The topological polar surface area (TPSA) is 108 Å². The summed E-state index contributed by atoms with van der Waals surface area (Å²) in [5, 5.41) is 0. The maximum atomic E-state index is 12.9. The number of allylic oxidation sites excluding steroid dienone is 10. The van der Waals surface area contributed by atoms with Crippen LogP contribution in [0.3, 0.4) is 0 Å². The highest BCUT2D eigenvalue weighted by molar-refractivity contribution is 7.47. The third kappa shape index (κ3) is 82.7. The number of rotatable bonds is 81. The second-order valence-electron chi connectivity index (χ2n) is 30.6. The number of unbranched alkanes of at least 4 members (excludes halogenated alkanes) is 57. The number of hydrogen-bond donors (Lipinski definition) is 1. The van der Waals surface area contributed by atoms with E-state index in [2.05, 4.69) is 74.6 Å². The summed E-state index contributed by atoms with van der Waals surface area (Å²) in [4.78, 5) is 36.0. The third-order valence-electron chi connectivity index (χ3n) is 19.5. The average Bonchev–Trinajstić information content (AvgIpc) is 1.08. The van der Waals surface area contributed by atoms with Crippen LogP contribution in [0.25, 0.3) is 0 Å². The lowest BCUT2D eigenvalue weighted by molar-refractivity contribution is -0.870. The van der Waals surface area contributed by atoms with Gasteiger partial charge in [0.05, 0.1) is 27.7 Å². The van der Waals surface area contributed by atoms with Crippen molar-refractivity contribution >= 4 is 19.8 Å². The van der Waals surface area contributed by atoms with Crippen LogP contribution in [0, 0.1) is 0 Å². The van der Waals surface area contributed by atoms with Crippen LogP contribution in [-0.2, 0) is 32.7 Å². The molecule has 9 nitrogen and oxygen atoms in total. The Balaban J connectivity index is 3.88. The molecule has 0 saturated heterocycles. The van der Waals surface area contributed by atoms with Gasteiger partial charge in [0.1, 0.15) is 19.8 Å². The van der Waals surface area contributed by atoms with Crippen molar-refractivity contribution in [1.82, 2.24) is 0 Å². The Morgan fingerprint density at radius 1 is 0.316 bits per heavy atom. The molecule has 0 fully saturated rings. The number of carbonyl (C=O) groups is 2. The summed E-state index contributed by atoms with van der Waals surface area (Å²) < 4.78 is 34.9. The third-order valence-corrected chi connectivity index (χ3v) is 20.5. The summed E-state index contributed by atoms with van der Waals surface area (Å²) in [6.45, 7) is 4.49. The molecular weight excluding hydrogens is 1230 g/mol. The van der Waals surface area contributed by atoms with E-state index >= 15 is 0 Å². The zero-order valence-corrected chi connectivity index (χ0v) is 66.9. The number of hydrogen-bond acceptors (Lipinski definition) is 7. The molecule has 1 N–H and O–H groups in total. The van der Waals surface area contributed by atoms with Gasteiger partial charge in [-0.3, -0.25) is 18.6 Å². The van der Waals surface area contributed by atoms with Gasteiger partial charge in [0.2, 0.25) is 0 Å². The minimum atomic E-state index is -4.40. The maximum Gasteiger partial charge on any atom is 0.472 e. The highest BCUT2D eigenvalue weighted by Gasteiger charge is 2.27. The molecule has 0 rings (SSSR count). The summed E-state index contributed by atoms with van der Waals surface area (Å²) >= 11 is 0. The highest BCUT2D eigenvalue weighted by Crippen LogP contribution is 2.43. The highest BCUT2D eigenvalue weighted by atomic mass is 31.2. The number of esters is 2. The predicted octanol–water partition coefficient (Wildman–Crippen LogP) is 28.8. The smallest absolute Gasteiger partial charge is 0.462 e. The van der Waals surface area contributed by atoms with E-state index in [1.54, 1.807) is 0 Å². The Morgan fingerprint density at radius 3 is 0.816 bits per heavy atom. The second kappa shape index (κ2) is 78.8. The van der Waals surface area contributed by atoms with Crippen LogP contribution in [0.15, 0.2) is 60.8 Å². The molecule has 0 spiro atoms. The second-order valence-corrected chi connectivity index (χ2v) is 32.0. The van der Waals surface area contributed by atoms with E-state index in [9.17, 15) is 19.0 Å². The van der Waals surface area contributed by atoms with Crippen molar-refractivity contribution < 1.29 is 42.1 Å². The van der Waals surface area contributed by atoms with E-state index in [0.717, 1.165) is 51.4 Å². The van der Waals surface area contributed by atoms with Gasteiger partial charge in [-0.1, -0.05) is 402 Å². The van der Waals surface area contributed by atoms with Gasteiger partial charge in [0.15, 0.2) is 6.10 Å². The number of quaternary nitrogens is 1. The Kier molecular flexibility index (Phi) is 77.0. The first-order valence-corrected chi connectivity index (χ1v) is 44.5. The summed E-state index contributed by atoms with van der Waals surface area (Å²) in [5.41, 5.74) is 0. The van der Waals surface area contributed by atoms with Gasteiger partial charge in [0, 0.05) is 12.8 Å². The van der Waals surface area contributed by atoms with Gasteiger partial charge in [-0.25, -0.2) is 4.57 Å². The van der Waals surface area contributed by atoms with E-state index in [1.165, 1.54) is 353 Å². The molecule has 0 saturated carbocycles. The molecule has 0 aromatic rings. The number of carbonyl (C=O) groups excluding carboxylic acids is 2. The maximum absolute atomic E-state index is 12.9. The SMILES string of the molecule is CCCCCCC/C=C\C/C=C\C/C=C\CCCCCCCCCCCCCCCCCCCCCCCCC(=O)OC(COC(=O)CCCCCCCCCCCCCCCCCCCCCCCCCCC/C=C\C/C=C\CCCCCCC)COP(=O)(O)OCC[N+](C)(C)C. The first-order valence-electron chi connectivity index (χ1n) is 43.0. The Labute approximate surface area is 610 Å². The van der Waals surface area contributed by atoms with Crippen molar-refractivity contribution in [2.24, 2.45) is 0 Å². The van der Waals surface area contributed by atoms with Crippen LogP contribution in [0.1, 0.15) is 438 Å². The Morgan fingerprint density at radius 2 is 0.551 bits per heavy atom. The molecule has 576 valence electrons. The molecule has 0 radical (unpaired) electrons. The molecular formula is C88H167NO8P+. The van der Waals surface area contributed by atoms with E-state index in [-0.39, 0.29) is 25.6 Å². The number of phosphoric acid groups is 1. The lowest BCUT2D eigenvalue weighted by atomic mass is 10.0. The minimum Gasteiger partial charge on any atom is -0.462 e. The molecule has 10 heteroatoms. The fraction of sp³-hybridized carbons (Fsp3) is 0.864. The number of likely N-dealkylation sites (N-methyl/N-ethyl adjacent to an activating group) is 1. The van der Waals surface area contributed by atoms with Crippen molar-refractivity contribution in [3.8, 4) is 0 Å². The number of ether oxygens (including phenoxy) is 2. The summed E-state index contributed by atoms with van der Waals surface area (Å²) in [6, 6.07) is 0. The molecule has 0 aliphatic carbocycles. The molecule has 2 atom stereocenters. The van der Waals surface area contributed by atoms with Crippen molar-refractivity contribution in [2.75, 3.05) is 47.5 Å². The normalized spacial score (nSPS) is 13.2. The summed E-state index contributed by atoms with van der Waals surface area (Å²) in [7, 11) is 1.50. The van der Waals surface area contributed by atoms with Gasteiger partial charge in [-0.15, -0.1) is 0 Å². The fourth-order valence-corrected chi connectivity index (χ4v) is 13.7. The van der Waals surface area contributed by atoms with Crippen LogP contribution < -0.4 is 0 Å². The van der Waals surface area contributed by atoms with E-state index in [1.807, 2.05) is 21.1 Å². The van der Waals surface area contributed by atoms with Crippen LogP contribution in [-0.4, -0.2) is 74.9 Å². The zero-order chi connectivity index (χ0) is 71.1. The van der Waals surface area contributed by atoms with Gasteiger partial charge in [-0.2, -0.15) is 0 Å². The van der Waals surface area contributed by atoms with Crippen molar-refractivity contribution in [2.45, 2.75) is 444 Å². The van der Waals surface area contributed by atoms with Crippen LogP contribution in [0.4, 0.5) is 0 Å². The lowest BCUT2D eigenvalue weighted by Crippen LogP contribution is -2.37. The fourth-order valence-electron chi connectivity index (χ4n) is 12.9. The van der Waals surface area contributed by atoms with Gasteiger partial charge < -0.3 is 18.9 Å². The number of nitrogens with zero attached hydrogens (tertiary/aromatic N) is 1. The van der Waals surface area contributed by atoms with E-state index in [4.69, 9.17) is 18.5 Å². The van der Waals surface area contributed by atoms with E-state index < -0.39 is 26.5 Å². The average molecular weight is 1400 g/mol. The van der Waals surface area contributed by atoms with Crippen molar-refractivity contribution in [3.63, 3.8) is 0 Å². The van der Waals surface area contributed by atoms with Crippen LogP contribution in [0.2, 0.25) is 0 Å². The molecule has 0 aromatic carbocycles. The molecule has 0 aliphatic heterocycles. The molecule has 0 aromatic heterocycles. The first-order chi connectivity index (χ1) is 48.0. The molecule has 98 heavy (non-hydrogen) atoms. The first kappa shape index (κ1) is 95.7.